The molecule has 0 N–H and O–H groups in total. The molecular weight excluding hydrogens is 276 g/mol. The molecule has 1 aliphatic heterocycles. The third kappa shape index (κ3) is 2.90. The highest BCUT2D eigenvalue weighted by atomic mass is 16.6. The smallest absolute Gasteiger partial charge is 0.411 e. The van der Waals surface area contributed by atoms with Crippen LogP contribution in [0.5, 0.6) is 0 Å². The van der Waals surface area contributed by atoms with Gasteiger partial charge in [0.25, 0.3) is 0 Å². The number of nitrogens with zero attached hydrogens (tertiary/aromatic N) is 4. The van der Waals surface area contributed by atoms with Crippen molar-refractivity contribution in [3.05, 3.63) is 10.4 Å². The van der Waals surface area contributed by atoms with Crippen LogP contribution in [0.15, 0.2) is 5.11 Å². The summed E-state index contributed by atoms with van der Waals surface area (Å²) >= 11 is 0. The van der Waals surface area contributed by atoms with E-state index in [-0.39, 0.29) is 18.0 Å². The third-order valence-corrected chi connectivity index (χ3v) is 3.88. The van der Waals surface area contributed by atoms with E-state index in [2.05, 4.69) is 10.0 Å². The summed E-state index contributed by atoms with van der Waals surface area (Å²) in [6.45, 7) is 5.28. The van der Waals surface area contributed by atoms with Gasteiger partial charge in [0.1, 0.15) is 11.6 Å². The van der Waals surface area contributed by atoms with Crippen LogP contribution in [-0.2, 0) is 14.3 Å². The molecule has 8 nitrogen and oxygen atoms in total. The number of piperidine rings is 1. The Morgan fingerprint density at radius 2 is 2.00 bits per heavy atom. The van der Waals surface area contributed by atoms with E-state index in [4.69, 9.17) is 15.0 Å². The van der Waals surface area contributed by atoms with Crippen LogP contribution in [0.25, 0.3) is 10.4 Å². The first-order valence-electron chi connectivity index (χ1n) is 6.92. The average Bonchev–Trinajstić information content (AvgIpc) is 2.93. The standard InChI is InChI=1S/C13H20N4O4/c1-13(2,3)21-12(19)17-9-6-7(5-8(9)15-16-14)10(17)11(18)20-4/h7-10H,5-6H2,1-4H3/t7-,8-,9-,10+/m1/s1. The number of fused-ring (bicyclic) bond motifs is 2. The van der Waals surface area contributed by atoms with Crippen molar-refractivity contribution in [1.29, 1.82) is 0 Å². The molecule has 0 aromatic rings. The Bertz CT molecular complexity index is 495. The van der Waals surface area contributed by atoms with E-state index in [0.29, 0.717) is 12.8 Å². The van der Waals surface area contributed by atoms with Crippen molar-refractivity contribution in [2.24, 2.45) is 11.0 Å². The van der Waals surface area contributed by atoms with Gasteiger partial charge in [0, 0.05) is 11.0 Å². The van der Waals surface area contributed by atoms with Gasteiger partial charge < -0.3 is 9.47 Å². The summed E-state index contributed by atoms with van der Waals surface area (Å²) in [5.74, 6) is -0.502. The van der Waals surface area contributed by atoms with Crippen LogP contribution in [0, 0.1) is 5.92 Å². The average molecular weight is 296 g/mol. The van der Waals surface area contributed by atoms with Gasteiger partial charge in [-0.2, -0.15) is 0 Å². The molecule has 0 radical (unpaired) electrons. The number of rotatable bonds is 2. The van der Waals surface area contributed by atoms with E-state index in [1.165, 1.54) is 12.0 Å². The summed E-state index contributed by atoms with van der Waals surface area (Å²) in [6, 6.07) is -1.27. The zero-order valence-corrected chi connectivity index (χ0v) is 12.6. The number of hydrogen-bond donors (Lipinski definition) is 0. The molecule has 2 aliphatic rings. The lowest BCUT2D eigenvalue weighted by atomic mass is 9.97. The SMILES string of the molecule is COC(=O)[C@@H]1[C@H]2C[C@H]([C@H](N=[N+]=[N-])C2)N1C(=O)OC(C)(C)C. The lowest BCUT2D eigenvalue weighted by Gasteiger charge is -2.37. The molecule has 1 aliphatic carbocycles. The maximum atomic E-state index is 12.4. The molecule has 1 amide bonds. The Morgan fingerprint density at radius 1 is 1.33 bits per heavy atom. The van der Waals surface area contributed by atoms with Gasteiger partial charge >= 0.3 is 12.1 Å². The normalized spacial score (nSPS) is 30.8. The van der Waals surface area contributed by atoms with Gasteiger partial charge in [-0.3, -0.25) is 4.90 Å². The van der Waals surface area contributed by atoms with Crippen molar-refractivity contribution in [3.8, 4) is 0 Å². The topological polar surface area (TPSA) is 105 Å². The Morgan fingerprint density at radius 3 is 2.52 bits per heavy atom. The number of ether oxygens (including phenoxy) is 2. The monoisotopic (exact) mass is 296 g/mol. The summed E-state index contributed by atoms with van der Waals surface area (Å²) in [4.78, 5) is 28.6. The largest absolute Gasteiger partial charge is 0.467 e. The number of methoxy groups -OCH3 is 1. The van der Waals surface area contributed by atoms with Gasteiger partial charge in [0.05, 0.1) is 13.2 Å². The van der Waals surface area contributed by atoms with E-state index in [0.717, 1.165) is 0 Å². The van der Waals surface area contributed by atoms with E-state index < -0.39 is 23.7 Å². The van der Waals surface area contributed by atoms with Crippen LogP contribution in [-0.4, -0.2) is 47.8 Å². The Hall–Kier alpha value is -1.95. The molecule has 0 aromatic heterocycles. The minimum Gasteiger partial charge on any atom is -0.467 e. The van der Waals surface area contributed by atoms with Crippen molar-refractivity contribution in [3.63, 3.8) is 0 Å². The second kappa shape index (κ2) is 5.44. The van der Waals surface area contributed by atoms with Crippen molar-refractivity contribution in [2.75, 3.05) is 7.11 Å². The van der Waals surface area contributed by atoms with Crippen LogP contribution < -0.4 is 0 Å². The van der Waals surface area contributed by atoms with Crippen LogP contribution >= 0.6 is 0 Å². The van der Waals surface area contributed by atoms with Crippen LogP contribution in [0.2, 0.25) is 0 Å². The lowest BCUT2D eigenvalue weighted by molar-refractivity contribution is -0.148. The van der Waals surface area contributed by atoms with Crippen LogP contribution in [0.3, 0.4) is 0 Å². The number of azide groups is 1. The fourth-order valence-corrected chi connectivity index (χ4v) is 3.20. The molecule has 21 heavy (non-hydrogen) atoms. The second-order valence-corrected chi connectivity index (χ2v) is 6.43. The molecule has 116 valence electrons. The quantitative estimate of drug-likeness (QED) is 0.337. The number of esters is 1. The maximum absolute atomic E-state index is 12.4. The molecule has 1 heterocycles. The molecule has 0 aromatic carbocycles. The summed E-state index contributed by atoms with van der Waals surface area (Å²) in [5.41, 5.74) is 7.96. The molecule has 1 saturated heterocycles. The number of hydrogen-bond acceptors (Lipinski definition) is 5. The minimum atomic E-state index is -0.659. The van der Waals surface area contributed by atoms with Crippen molar-refractivity contribution >= 4 is 12.1 Å². The van der Waals surface area contributed by atoms with Crippen LogP contribution in [0.4, 0.5) is 4.79 Å². The number of carbonyl (C=O) groups excluding carboxylic acids is 2. The summed E-state index contributed by atoms with van der Waals surface area (Å²) in [6.07, 6.45) is 0.652. The molecule has 2 bridgehead atoms. The van der Waals surface area contributed by atoms with Gasteiger partial charge in [-0.25, -0.2) is 9.59 Å². The third-order valence-electron chi connectivity index (χ3n) is 3.88. The maximum Gasteiger partial charge on any atom is 0.411 e. The van der Waals surface area contributed by atoms with E-state index >= 15 is 0 Å². The van der Waals surface area contributed by atoms with E-state index in [9.17, 15) is 9.59 Å². The highest BCUT2D eigenvalue weighted by Gasteiger charge is 2.57. The molecule has 0 spiro atoms. The molecule has 2 fully saturated rings. The highest BCUT2D eigenvalue weighted by Crippen LogP contribution is 2.45. The van der Waals surface area contributed by atoms with E-state index in [1.54, 1.807) is 20.8 Å². The van der Waals surface area contributed by atoms with Crippen molar-refractivity contribution in [1.82, 2.24) is 4.90 Å². The Labute approximate surface area is 123 Å². The van der Waals surface area contributed by atoms with E-state index in [1.807, 2.05) is 0 Å². The molecular formula is C13H20N4O4. The summed E-state index contributed by atoms with van der Waals surface area (Å²) in [5, 5.41) is 3.73. The lowest BCUT2D eigenvalue weighted by Crippen LogP contribution is -2.54. The van der Waals surface area contributed by atoms with Gasteiger partial charge in [-0.05, 0) is 45.1 Å². The van der Waals surface area contributed by atoms with Gasteiger partial charge in [0.2, 0.25) is 0 Å². The highest BCUT2D eigenvalue weighted by molar-refractivity contribution is 5.83. The van der Waals surface area contributed by atoms with Gasteiger partial charge in [-0.1, -0.05) is 5.11 Å². The Kier molecular flexibility index (Phi) is 4.00. The summed E-state index contributed by atoms with van der Waals surface area (Å²) < 4.78 is 10.2. The number of amides is 1. The molecule has 1 saturated carbocycles. The molecule has 2 rings (SSSR count). The Balaban J connectivity index is 2.26. The summed E-state index contributed by atoms with van der Waals surface area (Å²) in [7, 11) is 1.30. The zero-order valence-electron chi connectivity index (χ0n) is 12.6. The first kappa shape index (κ1) is 15.4. The fraction of sp³-hybridized carbons (Fsp3) is 0.846. The second-order valence-electron chi connectivity index (χ2n) is 6.43. The molecule has 0 unspecified atom stereocenters. The number of carbonyl (C=O) groups is 2. The first-order valence-corrected chi connectivity index (χ1v) is 6.92. The fourth-order valence-electron chi connectivity index (χ4n) is 3.20. The number of likely N-dealkylation sites (tertiary alicyclic amines) is 1. The van der Waals surface area contributed by atoms with Crippen LogP contribution in [0.1, 0.15) is 33.6 Å². The molecule has 4 atom stereocenters. The van der Waals surface area contributed by atoms with Gasteiger partial charge in [-0.15, -0.1) is 0 Å². The minimum absolute atomic E-state index is 0.0505. The van der Waals surface area contributed by atoms with Crippen molar-refractivity contribution in [2.45, 2.75) is 57.3 Å². The molecule has 8 heteroatoms. The zero-order chi connectivity index (χ0) is 15.8. The van der Waals surface area contributed by atoms with Crippen molar-refractivity contribution < 1.29 is 19.1 Å². The van der Waals surface area contributed by atoms with Gasteiger partial charge in [0.15, 0.2) is 0 Å². The first-order chi connectivity index (χ1) is 9.78. The predicted octanol–water partition coefficient (Wildman–Crippen LogP) is 2.24. The predicted molar refractivity (Wildman–Crippen MR) is 73.3 cm³/mol.